The summed E-state index contributed by atoms with van der Waals surface area (Å²) in [6.07, 6.45) is -3.84. The highest BCUT2D eigenvalue weighted by molar-refractivity contribution is 6.31. The summed E-state index contributed by atoms with van der Waals surface area (Å²) in [6, 6.07) is 7.82. The van der Waals surface area contributed by atoms with Crippen molar-refractivity contribution in [2.45, 2.75) is 44.7 Å². The van der Waals surface area contributed by atoms with Crippen molar-refractivity contribution in [2.75, 3.05) is 5.32 Å². The van der Waals surface area contributed by atoms with E-state index in [9.17, 15) is 27.6 Å². The first kappa shape index (κ1) is 23.1. The van der Waals surface area contributed by atoms with Crippen LogP contribution in [0, 0.1) is 0 Å². The number of carbonyl (C=O) groups excluding carboxylic acids is 3. The van der Waals surface area contributed by atoms with Crippen LogP contribution in [-0.4, -0.2) is 28.8 Å². The molecule has 11 heteroatoms. The number of benzene rings is 2. The van der Waals surface area contributed by atoms with Crippen molar-refractivity contribution in [3.8, 4) is 0 Å². The van der Waals surface area contributed by atoms with Crippen LogP contribution in [0.2, 0.25) is 5.02 Å². The number of nitrogens with zero attached hydrogens (tertiary/aromatic N) is 1. The lowest BCUT2D eigenvalue weighted by Gasteiger charge is -2.29. The van der Waals surface area contributed by atoms with Crippen LogP contribution in [0.3, 0.4) is 0 Å². The van der Waals surface area contributed by atoms with Crippen molar-refractivity contribution >= 4 is 35.1 Å². The van der Waals surface area contributed by atoms with Gasteiger partial charge in [0.15, 0.2) is 0 Å². The van der Waals surface area contributed by atoms with Gasteiger partial charge in [-0.3, -0.25) is 19.8 Å². The summed E-state index contributed by atoms with van der Waals surface area (Å²) in [5, 5.41) is 6.91. The maximum absolute atomic E-state index is 13.0. The molecule has 0 saturated carbocycles. The van der Waals surface area contributed by atoms with Crippen LogP contribution in [0.1, 0.15) is 35.1 Å². The number of imide groups is 1. The molecule has 4 rings (SSSR count). The van der Waals surface area contributed by atoms with E-state index >= 15 is 0 Å². The van der Waals surface area contributed by atoms with E-state index in [0.29, 0.717) is 25.9 Å². The van der Waals surface area contributed by atoms with Crippen LogP contribution in [0.25, 0.3) is 0 Å². The van der Waals surface area contributed by atoms with Crippen molar-refractivity contribution in [2.24, 2.45) is 0 Å². The maximum Gasteiger partial charge on any atom is 0.417 e. The number of urea groups is 1. The highest BCUT2D eigenvalue weighted by Crippen LogP contribution is 2.36. The van der Waals surface area contributed by atoms with Crippen molar-refractivity contribution in [3.05, 3.63) is 63.7 Å². The molecule has 2 aromatic rings. The molecule has 7 nitrogen and oxygen atoms in total. The molecule has 1 unspecified atom stereocenters. The number of hydrogen-bond donors (Lipinski definition) is 3. The van der Waals surface area contributed by atoms with Crippen LogP contribution >= 0.6 is 11.6 Å². The quantitative estimate of drug-likeness (QED) is 0.581. The number of hydrogen-bond acceptors (Lipinski definition) is 4. The number of piperidine rings is 1. The number of nitrogens with one attached hydrogen (secondary N) is 3. The maximum atomic E-state index is 13.0. The first-order valence-corrected chi connectivity index (χ1v) is 10.6. The summed E-state index contributed by atoms with van der Waals surface area (Å²) < 4.78 is 38.9. The first-order chi connectivity index (χ1) is 15.6. The molecule has 33 heavy (non-hydrogen) atoms. The summed E-state index contributed by atoms with van der Waals surface area (Å²) in [7, 11) is 0. The lowest BCUT2D eigenvalue weighted by molar-refractivity contribution is -0.138. The number of anilines is 1. The Morgan fingerprint density at radius 2 is 1.88 bits per heavy atom. The van der Waals surface area contributed by atoms with Gasteiger partial charge in [-0.1, -0.05) is 29.8 Å². The fourth-order valence-electron chi connectivity index (χ4n) is 4.01. The summed E-state index contributed by atoms with van der Waals surface area (Å²) in [4.78, 5) is 37.7. The fraction of sp³-hybridized carbons (Fsp3) is 0.318. The monoisotopic (exact) mass is 480 g/mol. The molecule has 4 amide bonds. The van der Waals surface area contributed by atoms with Gasteiger partial charge in [-0.05, 0) is 41.3 Å². The predicted octanol–water partition coefficient (Wildman–Crippen LogP) is 3.80. The average Bonchev–Trinajstić information content (AvgIpc) is 3.15. The van der Waals surface area contributed by atoms with E-state index in [1.54, 1.807) is 0 Å². The average molecular weight is 481 g/mol. The molecule has 2 heterocycles. The Morgan fingerprint density at radius 3 is 2.61 bits per heavy atom. The van der Waals surface area contributed by atoms with E-state index in [1.807, 2.05) is 23.1 Å². The SMILES string of the molecule is O=C1CCC(N2Cc3ccc(CNC(=O)Nc4ccc(Cl)c(C(F)(F)F)c4)cc3C2)C(=O)N1. The second-order valence-corrected chi connectivity index (χ2v) is 8.38. The summed E-state index contributed by atoms with van der Waals surface area (Å²) in [6.45, 7) is 1.30. The fourth-order valence-corrected chi connectivity index (χ4v) is 4.24. The highest BCUT2D eigenvalue weighted by Gasteiger charge is 2.35. The minimum Gasteiger partial charge on any atom is -0.334 e. The second-order valence-electron chi connectivity index (χ2n) is 7.98. The summed E-state index contributed by atoms with van der Waals surface area (Å²) >= 11 is 5.59. The third-order valence-electron chi connectivity index (χ3n) is 5.65. The van der Waals surface area contributed by atoms with E-state index in [1.165, 1.54) is 6.07 Å². The van der Waals surface area contributed by atoms with Crippen molar-refractivity contribution in [1.29, 1.82) is 0 Å². The number of halogens is 4. The molecule has 0 aliphatic carbocycles. The minimum atomic E-state index is -4.63. The van der Waals surface area contributed by atoms with Gasteiger partial charge >= 0.3 is 12.2 Å². The molecule has 0 bridgehead atoms. The van der Waals surface area contributed by atoms with E-state index in [0.717, 1.165) is 28.8 Å². The van der Waals surface area contributed by atoms with Gasteiger partial charge in [0.25, 0.3) is 0 Å². The Labute approximate surface area is 192 Å². The zero-order valence-corrected chi connectivity index (χ0v) is 18.0. The van der Waals surface area contributed by atoms with E-state index in [2.05, 4.69) is 16.0 Å². The molecular formula is C22H20ClF3N4O3. The molecule has 1 atom stereocenters. The Hall–Kier alpha value is -3.11. The van der Waals surface area contributed by atoms with Crippen molar-refractivity contribution in [1.82, 2.24) is 15.5 Å². The van der Waals surface area contributed by atoms with Gasteiger partial charge in [0, 0.05) is 31.7 Å². The normalized spacial score (nSPS) is 18.6. The standard InChI is InChI=1S/C22H20ClF3N4O3/c23-17-4-3-15(8-16(17)22(24,25)26)28-21(33)27-9-12-1-2-13-10-30(11-14(13)7-12)18-5-6-19(31)29-20(18)32/h1-4,7-8,18H,5-6,9-11H2,(H2,27,28,33)(H,29,31,32). The van der Waals surface area contributed by atoms with Crippen LogP contribution in [0.4, 0.5) is 23.7 Å². The molecule has 0 radical (unpaired) electrons. The molecule has 2 aliphatic heterocycles. The van der Waals surface area contributed by atoms with Gasteiger partial charge in [-0.2, -0.15) is 13.2 Å². The van der Waals surface area contributed by atoms with Crippen LogP contribution in [0.15, 0.2) is 36.4 Å². The third kappa shape index (κ3) is 5.28. The Morgan fingerprint density at radius 1 is 1.12 bits per heavy atom. The van der Waals surface area contributed by atoms with Crippen molar-refractivity contribution < 1.29 is 27.6 Å². The highest BCUT2D eigenvalue weighted by atomic mass is 35.5. The van der Waals surface area contributed by atoms with Crippen LogP contribution in [-0.2, 0) is 35.4 Å². The van der Waals surface area contributed by atoms with Gasteiger partial charge in [-0.25, -0.2) is 4.79 Å². The molecule has 2 aliphatic rings. The van der Waals surface area contributed by atoms with E-state index in [4.69, 9.17) is 11.6 Å². The Bertz CT molecular complexity index is 1120. The minimum absolute atomic E-state index is 0.0296. The molecule has 1 fully saturated rings. The number of carbonyl (C=O) groups is 3. The molecule has 0 spiro atoms. The molecule has 0 aromatic heterocycles. The van der Waals surface area contributed by atoms with Gasteiger partial charge < -0.3 is 10.6 Å². The van der Waals surface area contributed by atoms with Gasteiger partial charge in [0.1, 0.15) is 0 Å². The van der Waals surface area contributed by atoms with Gasteiger partial charge in [0.2, 0.25) is 11.8 Å². The topological polar surface area (TPSA) is 90.5 Å². The van der Waals surface area contributed by atoms with Crippen LogP contribution < -0.4 is 16.0 Å². The lowest BCUT2D eigenvalue weighted by Crippen LogP contribution is -2.50. The molecule has 1 saturated heterocycles. The number of fused-ring (bicyclic) bond motifs is 1. The largest absolute Gasteiger partial charge is 0.417 e. The number of rotatable bonds is 4. The molecular weight excluding hydrogens is 461 g/mol. The van der Waals surface area contributed by atoms with E-state index in [-0.39, 0.29) is 30.1 Å². The molecule has 2 aromatic carbocycles. The number of amides is 4. The van der Waals surface area contributed by atoms with Crippen molar-refractivity contribution in [3.63, 3.8) is 0 Å². The third-order valence-corrected chi connectivity index (χ3v) is 5.98. The second kappa shape index (κ2) is 9.03. The Kier molecular flexibility index (Phi) is 6.31. The molecule has 3 N–H and O–H groups in total. The van der Waals surface area contributed by atoms with E-state index < -0.39 is 22.8 Å². The lowest BCUT2D eigenvalue weighted by atomic mass is 10.0. The Balaban J connectivity index is 1.34. The zero-order chi connectivity index (χ0) is 23.8. The summed E-state index contributed by atoms with van der Waals surface area (Å²) in [5.41, 5.74) is 1.83. The van der Waals surface area contributed by atoms with Gasteiger partial charge in [-0.15, -0.1) is 0 Å². The summed E-state index contributed by atoms with van der Waals surface area (Å²) in [5.74, 6) is -0.540. The predicted molar refractivity (Wildman–Crippen MR) is 114 cm³/mol. The smallest absolute Gasteiger partial charge is 0.334 e. The zero-order valence-electron chi connectivity index (χ0n) is 17.3. The first-order valence-electron chi connectivity index (χ1n) is 10.2. The number of alkyl halides is 3. The molecule has 174 valence electrons. The van der Waals surface area contributed by atoms with Crippen LogP contribution in [0.5, 0.6) is 0 Å². The van der Waals surface area contributed by atoms with Gasteiger partial charge in [0.05, 0.1) is 16.6 Å².